The number of nitrogens with two attached hydrogens (primary N) is 1. The Morgan fingerprint density at radius 1 is 1.41 bits per heavy atom. The van der Waals surface area contributed by atoms with Gasteiger partial charge in [0.1, 0.15) is 4.88 Å². The lowest BCUT2D eigenvalue weighted by Crippen LogP contribution is -2.50. The zero-order valence-corrected chi connectivity index (χ0v) is 11.8. The van der Waals surface area contributed by atoms with E-state index in [0.29, 0.717) is 12.1 Å². The summed E-state index contributed by atoms with van der Waals surface area (Å²) in [6, 6.07) is 2.95. The van der Waals surface area contributed by atoms with Crippen LogP contribution in [-0.4, -0.2) is 28.9 Å². The van der Waals surface area contributed by atoms with E-state index in [0.717, 1.165) is 35.0 Å². The minimum atomic E-state index is 0.186. The molecule has 1 amide bonds. The Kier molecular flexibility index (Phi) is 3.00. The van der Waals surface area contributed by atoms with E-state index < -0.39 is 0 Å². The number of fused-ring (bicyclic) bond motifs is 2. The highest BCUT2D eigenvalue weighted by molar-refractivity contribution is 9.10. The monoisotopic (exact) mass is 314 g/mol. The molecule has 2 N–H and O–H groups in total. The molecule has 1 aromatic heterocycles. The number of amides is 1. The first-order valence-electron chi connectivity index (χ1n) is 5.98. The Balaban J connectivity index is 1.86. The van der Waals surface area contributed by atoms with Crippen molar-refractivity contribution in [1.29, 1.82) is 0 Å². The topological polar surface area (TPSA) is 46.3 Å². The largest absolute Gasteiger partial charge is 0.332 e. The van der Waals surface area contributed by atoms with Crippen molar-refractivity contribution in [2.24, 2.45) is 5.73 Å². The van der Waals surface area contributed by atoms with Gasteiger partial charge in [-0.1, -0.05) is 0 Å². The Hall–Kier alpha value is -0.390. The smallest absolute Gasteiger partial charge is 0.265 e. The fraction of sp³-hybridized carbons (Fsp3) is 0.583. The molecule has 5 heteroatoms. The standard InChI is InChI=1S/C12H15BrN2OS/c13-10-3-4-17-11(10)12(16)15-8-1-2-9(15)6-7(14)5-8/h3-4,7-9H,1-2,5-6,14H2. The molecule has 92 valence electrons. The van der Waals surface area contributed by atoms with Crippen molar-refractivity contribution in [1.82, 2.24) is 4.90 Å². The van der Waals surface area contributed by atoms with Gasteiger partial charge in [0.05, 0.1) is 0 Å². The van der Waals surface area contributed by atoms with Gasteiger partial charge in [-0.15, -0.1) is 11.3 Å². The first-order chi connectivity index (χ1) is 8.16. The van der Waals surface area contributed by atoms with E-state index in [9.17, 15) is 4.79 Å². The molecule has 3 rings (SSSR count). The summed E-state index contributed by atoms with van der Waals surface area (Å²) in [5.41, 5.74) is 6.02. The molecule has 0 aromatic carbocycles. The zero-order valence-electron chi connectivity index (χ0n) is 9.43. The molecular formula is C12H15BrN2OS. The molecule has 0 aliphatic carbocycles. The second-order valence-electron chi connectivity index (χ2n) is 4.93. The summed E-state index contributed by atoms with van der Waals surface area (Å²) in [6.45, 7) is 0. The number of carbonyl (C=O) groups is 1. The molecule has 2 aliphatic heterocycles. The van der Waals surface area contributed by atoms with Crippen molar-refractivity contribution >= 4 is 33.2 Å². The lowest BCUT2D eigenvalue weighted by Gasteiger charge is -2.37. The van der Waals surface area contributed by atoms with Crippen LogP contribution in [0, 0.1) is 0 Å². The molecule has 3 heterocycles. The predicted octanol–water partition coefficient (Wildman–Crippen LogP) is 2.60. The summed E-state index contributed by atoms with van der Waals surface area (Å²) in [5.74, 6) is 0.186. The highest BCUT2D eigenvalue weighted by Gasteiger charge is 2.42. The van der Waals surface area contributed by atoms with Gasteiger partial charge in [-0.3, -0.25) is 4.79 Å². The maximum absolute atomic E-state index is 12.5. The average Bonchev–Trinajstić information content (AvgIpc) is 2.81. The fourth-order valence-corrected chi connectivity index (χ4v) is 4.60. The van der Waals surface area contributed by atoms with Crippen LogP contribution < -0.4 is 5.73 Å². The van der Waals surface area contributed by atoms with E-state index >= 15 is 0 Å². The predicted molar refractivity (Wildman–Crippen MR) is 72.2 cm³/mol. The summed E-state index contributed by atoms with van der Waals surface area (Å²) < 4.78 is 0.918. The van der Waals surface area contributed by atoms with Gasteiger partial charge in [0.2, 0.25) is 0 Å². The first kappa shape index (κ1) is 11.7. The minimum absolute atomic E-state index is 0.186. The second-order valence-corrected chi connectivity index (χ2v) is 6.70. The van der Waals surface area contributed by atoms with Crippen LogP contribution in [0.1, 0.15) is 35.4 Å². The summed E-state index contributed by atoms with van der Waals surface area (Å²) in [4.78, 5) is 15.4. The van der Waals surface area contributed by atoms with E-state index in [2.05, 4.69) is 20.8 Å². The Labute approximate surface area is 113 Å². The first-order valence-corrected chi connectivity index (χ1v) is 7.65. The molecule has 0 spiro atoms. The molecule has 1 aromatic rings. The quantitative estimate of drug-likeness (QED) is 0.866. The van der Waals surface area contributed by atoms with Gasteiger partial charge < -0.3 is 10.6 Å². The number of hydrogen-bond acceptors (Lipinski definition) is 3. The Morgan fingerprint density at radius 3 is 2.59 bits per heavy atom. The van der Waals surface area contributed by atoms with E-state index in [4.69, 9.17) is 5.73 Å². The van der Waals surface area contributed by atoms with Crippen molar-refractivity contribution in [3.8, 4) is 0 Å². The van der Waals surface area contributed by atoms with Gasteiger partial charge >= 0.3 is 0 Å². The summed E-state index contributed by atoms with van der Waals surface area (Å²) >= 11 is 4.96. The molecule has 2 atom stereocenters. The molecule has 0 radical (unpaired) electrons. The van der Waals surface area contributed by atoms with Gasteiger partial charge in [-0.25, -0.2) is 0 Å². The van der Waals surface area contributed by atoms with E-state index in [1.54, 1.807) is 0 Å². The van der Waals surface area contributed by atoms with Crippen LogP contribution in [0.25, 0.3) is 0 Å². The van der Waals surface area contributed by atoms with Crippen LogP contribution in [-0.2, 0) is 0 Å². The molecule has 2 aliphatic rings. The van der Waals surface area contributed by atoms with Crippen LogP contribution >= 0.6 is 27.3 Å². The molecule has 17 heavy (non-hydrogen) atoms. The maximum Gasteiger partial charge on any atom is 0.265 e. The normalized spacial score (nSPS) is 31.9. The van der Waals surface area contributed by atoms with E-state index in [1.807, 2.05) is 11.4 Å². The summed E-state index contributed by atoms with van der Waals surface area (Å²) in [5, 5.41) is 1.95. The number of thiophene rings is 1. The van der Waals surface area contributed by atoms with Crippen LogP contribution in [0.3, 0.4) is 0 Å². The second kappa shape index (κ2) is 4.37. The van der Waals surface area contributed by atoms with Crippen molar-refractivity contribution in [3.63, 3.8) is 0 Å². The molecule has 2 saturated heterocycles. The lowest BCUT2D eigenvalue weighted by molar-refractivity contribution is 0.0579. The lowest BCUT2D eigenvalue weighted by atomic mass is 9.98. The third-order valence-electron chi connectivity index (χ3n) is 3.82. The van der Waals surface area contributed by atoms with Crippen molar-refractivity contribution in [3.05, 3.63) is 20.8 Å². The number of halogens is 1. The van der Waals surface area contributed by atoms with Crippen molar-refractivity contribution in [2.75, 3.05) is 0 Å². The summed E-state index contributed by atoms with van der Waals surface area (Å²) in [6.07, 6.45) is 4.16. The Morgan fingerprint density at radius 2 is 2.06 bits per heavy atom. The van der Waals surface area contributed by atoms with Gasteiger partial charge in [-0.05, 0) is 53.1 Å². The maximum atomic E-state index is 12.5. The average molecular weight is 315 g/mol. The number of rotatable bonds is 1. The SMILES string of the molecule is NC1CC2CCC(C1)N2C(=O)c1sccc1Br. The van der Waals surface area contributed by atoms with Gasteiger partial charge in [-0.2, -0.15) is 0 Å². The van der Waals surface area contributed by atoms with Crippen LogP contribution in [0.5, 0.6) is 0 Å². The third-order valence-corrected chi connectivity index (χ3v) is 5.64. The highest BCUT2D eigenvalue weighted by Crippen LogP contribution is 2.37. The van der Waals surface area contributed by atoms with Crippen molar-refractivity contribution in [2.45, 2.75) is 43.8 Å². The number of hydrogen-bond donors (Lipinski definition) is 1. The highest BCUT2D eigenvalue weighted by atomic mass is 79.9. The van der Waals surface area contributed by atoms with Crippen LogP contribution in [0.15, 0.2) is 15.9 Å². The molecule has 0 saturated carbocycles. The van der Waals surface area contributed by atoms with Gasteiger partial charge in [0, 0.05) is 22.6 Å². The third kappa shape index (κ3) is 1.94. The molecular weight excluding hydrogens is 300 g/mol. The van der Waals surface area contributed by atoms with Crippen LogP contribution in [0.4, 0.5) is 0 Å². The molecule has 2 bridgehead atoms. The zero-order chi connectivity index (χ0) is 12.0. The Bertz CT molecular complexity index is 433. The number of carbonyl (C=O) groups excluding carboxylic acids is 1. The molecule has 2 fully saturated rings. The van der Waals surface area contributed by atoms with E-state index in [-0.39, 0.29) is 11.9 Å². The number of nitrogens with zero attached hydrogens (tertiary/aromatic N) is 1. The van der Waals surface area contributed by atoms with Gasteiger partial charge in [0.25, 0.3) is 5.91 Å². The molecule has 3 nitrogen and oxygen atoms in total. The van der Waals surface area contributed by atoms with Crippen molar-refractivity contribution < 1.29 is 4.79 Å². The number of piperidine rings is 1. The van der Waals surface area contributed by atoms with Gasteiger partial charge in [0.15, 0.2) is 0 Å². The van der Waals surface area contributed by atoms with Crippen LogP contribution in [0.2, 0.25) is 0 Å². The minimum Gasteiger partial charge on any atom is -0.332 e. The molecule has 2 unspecified atom stereocenters. The van der Waals surface area contributed by atoms with E-state index in [1.165, 1.54) is 11.3 Å². The summed E-state index contributed by atoms with van der Waals surface area (Å²) in [7, 11) is 0. The fourth-order valence-electron chi connectivity index (χ4n) is 3.11.